The van der Waals surface area contributed by atoms with Gasteiger partial charge in [0.05, 0.1) is 5.60 Å². The SMILES string of the molecule is O=C1CCC(N2Cc3cc([C@]4(O)CC[C@@H]5CC56C5C(C4)C56)ccc3C2=O)C(=O)N1. The van der Waals surface area contributed by atoms with Crippen molar-refractivity contribution < 1.29 is 19.5 Å². The molecule has 5 saturated carbocycles. The largest absolute Gasteiger partial charge is 0.385 e. The van der Waals surface area contributed by atoms with Gasteiger partial charge in [0, 0.05) is 18.5 Å². The summed E-state index contributed by atoms with van der Waals surface area (Å²) in [6, 6.07) is 5.14. The van der Waals surface area contributed by atoms with Gasteiger partial charge in [-0.05, 0) is 78.4 Å². The van der Waals surface area contributed by atoms with Crippen molar-refractivity contribution in [2.45, 2.75) is 56.7 Å². The topological polar surface area (TPSA) is 86.7 Å². The Labute approximate surface area is 168 Å². The predicted molar refractivity (Wildman–Crippen MR) is 101 cm³/mol. The van der Waals surface area contributed by atoms with E-state index in [1.54, 1.807) is 4.90 Å². The van der Waals surface area contributed by atoms with Crippen molar-refractivity contribution in [1.82, 2.24) is 10.2 Å². The van der Waals surface area contributed by atoms with E-state index in [4.69, 9.17) is 0 Å². The van der Waals surface area contributed by atoms with E-state index in [2.05, 4.69) is 5.32 Å². The molecule has 0 radical (unpaired) electrons. The fraction of sp³-hybridized carbons (Fsp3) is 0.609. The van der Waals surface area contributed by atoms with E-state index in [1.807, 2.05) is 18.2 Å². The number of imide groups is 1. The Kier molecular flexibility index (Phi) is 2.81. The van der Waals surface area contributed by atoms with Crippen LogP contribution in [-0.4, -0.2) is 33.8 Å². The minimum absolute atomic E-state index is 0.156. The molecule has 5 aliphatic carbocycles. The molecular weight excluding hydrogens is 368 g/mol. The van der Waals surface area contributed by atoms with E-state index >= 15 is 0 Å². The summed E-state index contributed by atoms with van der Waals surface area (Å²) in [6.07, 6.45) is 4.77. The van der Waals surface area contributed by atoms with Crippen LogP contribution in [0.2, 0.25) is 0 Å². The van der Waals surface area contributed by atoms with Crippen LogP contribution >= 0.6 is 0 Å². The molecule has 5 atom stereocenters. The van der Waals surface area contributed by atoms with E-state index in [1.165, 1.54) is 6.42 Å². The number of rotatable bonds is 2. The molecule has 1 spiro atoms. The van der Waals surface area contributed by atoms with Gasteiger partial charge < -0.3 is 10.0 Å². The number of nitrogens with zero attached hydrogens (tertiary/aromatic N) is 1. The van der Waals surface area contributed by atoms with Gasteiger partial charge in [-0.2, -0.15) is 0 Å². The molecule has 2 aliphatic heterocycles. The number of nitrogens with one attached hydrogen (secondary N) is 1. The fourth-order valence-corrected chi connectivity index (χ4v) is 7.41. The summed E-state index contributed by atoms with van der Waals surface area (Å²) in [5.74, 6) is 2.48. The van der Waals surface area contributed by atoms with Gasteiger partial charge in [0.2, 0.25) is 11.8 Å². The summed E-state index contributed by atoms with van der Waals surface area (Å²) in [6.45, 7) is 0.366. The van der Waals surface area contributed by atoms with Crippen molar-refractivity contribution in [3.05, 3.63) is 34.9 Å². The smallest absolute Gasteiger partial charge is 0.255 e. The fourth-order valence-electron chi connectivity index (χ4n) is 7.41. The zero-order valence-corrected chi connectivity index (χ0v) is 16.2. The quantitative estimate of drug-likeness (QED) is 0.750. The van der Waals surface area contributed by atoms with Crippen molar-refractivity contribution in [3.8, 4) is 0 Å². The number of hydrogen-bond acceptors (Lipinski definition) is 4. The Morgan fingerprint density at radius 3 is 2.72 bits per heavy atom. The molecule has 8 rings (SSSR count). The summed E-state index contributed by atoms with van der Waals surface area (Å²) < 4.78 is 0. The monoisotopic (exact) mass is 392 g/mol. The molecule has 3 unspecified atom stereocenters. The number of aliphatic hydroxyl groups is 1. The Bertz CT molecular complexity index is 1000. The first kappa shape index (κ1) is 16.6. The molecule has 1 aromatic carbocycles. The van der Waals surface area contributed by atoms with Crippen molar-refractivity contribution in [3.63, 3.8) is 0 Å². The minimum atomic E-state index is -0.799. The number of benzene rings is 1. The second-order valence-corrected chi connectivity index (χ2v) is 10.3. The van der Waals surface area contributed by atoms with Crippen LogP contribution in [0, 0.1) is 29.1 Å². The minimum Gasteiger partial charge on any atom is -0.385 e. The predicted octanol–water partition coefficient (Wildman–Crippen LogP) is 1.70. The van der Waals surface area contributed by atoms with Crippen LogP contribution in [0.3, 0.4) is 0 Å². The first-order valence-corrected chi connectivity index (χ1v) is 10.9. The summed E-state index contributed by atoms with van der Waals surface area (Å²) >= 11 is 0. The third-order valence-electron chi connectivity index (χ3n) is 9.04. The molecule has 2 heterocycles. The molecule has 29 heavy (non-hydrogen) atoms. The summed E-state index contributed by atoms with van der Waals surface area (Å²) in [5, 5.41) is 13.9. The third-order valence-corrected chi connectivity index (χ3v) is 9.04. The van der Waals surface area contributed by atoms with Gasteiger partial charge in [0.1, 0.15) is 6.04 Å². The Morgan fingerprint density at radius 1 is 1.10 bits per heavy atom. The number of amides is 3. The third kappa shape index (κ3) is 1.98. The van der Waals surface area contributed by atoms with Crippen LogP contribution in [0.4, 0.5) is 0 Å². The molecule has 6 fully saturated rings. The first-order valence-electron chi connectivity index (χ1n) is 10.9. The molecule has 3 amide bonds. The van der Waals surface area contributed by atoms with Crippen molar-refractivity contribution >= 4 is 17.7 Å². The molecule has 2 bridgehead atoms. The summed E-state index contributed by atoms with van der Waals surface area (Å²) in [5.41, 5.74) is 2.34. The number of carbonyl (C=O) groups is 3. The van der Waals surface area contributed by atoms with Gasteiger partial charge in [-0.3, -0.25) is 19.7 Å². The maximum Gasteiger partial charge on any atom is 0.255 e. The van der Waals surface area contributed by atoms with E-state index in [0.29, 0.717) is 24.4 Å². The van der Waals surface area contributed by atoms with E-state index in [-0.39, 0.29) is 24.1 Å². The van der Waals surface area contributed by atoms with Gasteiger partial charge in [-0.15, -0.1) is 0 Å². The molecule has 1 saturated heterocycles. The highest BCUT2D eigenvalue weighted by molar-refractivity contribution is 6.05. The highest BCUT2D eigenvalue weighted by atomic mass is 16.3. The van der Waals surface area contributed by atoms with E-state index in [9.17, 15) is 19.5 Å². The molecule has 6 heteroatoms. The normalized spacial score (nSPS) is 46.2. The summed E-state index contributed by atoms with van der Waals surface area (Å²) in [4.78, 5) is 38.1. The number of hydrogen-bond donors (Lipinski definition) is 2. The maximum absolute atomic E-state index is 12.9. The van der Waals surface area contributed by atoms with Crippen molar-refractivity contribution in [2.75, 3.05) is 0 Å². The molecule has 6 nitrogen and oxygen atoms in total. The van der Waals surface area contributed by atoms with E-state index < -0.39 is 11.6 Å². The van der Waals surface area contributed by atoms with Crippen LogP contribution in [0.15, 0.2) is 18.2 Å². The van der Waals surface area contributed by atoms with Gasteiger partial charge in [-0.25, -0.2) is 0 Å². The zero-order valence-electron chi connectivity index (χ0n) is 16.2. The molecular formula is C23H24N2O4. The Hall–Kier alpha value is -2.21. The lowest BCUT2D eigenvalue weighted by molar-refractivity contribution is -0.136. The van der Waals surface area contributed by atoms with Crippen molar-refractivity contribution in [1.29, 1.82) is 0 Å². The van der Waals surface area contributed by atoms with Crippen LogP contribution in [0.5, 0.6) is 0 Å². The first-order chi connectivity index (χ1) is 13.9. The molecule has 1 aromatic rings. The van der Waals surface area contributed by atoms with Crippen LogP contribution in [0.1, 0.15) is 60.0 Å². The Morgan fingerprint density at radius 2 is 1.93 bits per heavy atom. The van der Waals surface area contributed by atoms with Crippen molar-refractivity contribution in [2.24, 2.45) is 29.1 Å². The van der Waals surface area contributed by atoms with Gasteiger partial charge in [0.25, 0.3) is 5.91 Å². The lowest BCUT2D eigenvalue weighted by Crippen LogP contribution is -2.52. The van der Waals surface area contributed by atoms with Crippen LogP contribution in [0.25, 0.3) is 0 Å². The molecule has 150 valence electrons. The standard InChI is InChI=1S/C23H24N2O4/c26-17-4-3-16(20(27)24-17)25-10-11-7-12(1-2-14(11)21(25)28)22(29)6-5-13-8-23(13)18-15(9-22)19(18)23/h1-2,7,13,15-16,18-19,29H,3-6,8-10H2,(H,24,26,27)/t13-,15?,16?,18?,19?,22+,23?/m1/s1. The highest BCUT2D eigenvalue weighted by Crippen LogP contribution is 2.96. The lowest BCUT2D eigenvalue weighted by atomic mass is 9.77. The van der Waals surface area contributed by atoms with Gasteiger partial charge >= 0.3 is 0 Å². The Balaban J connectivity index is 1.16. The maximum atomic E-state index is 12.9. The highest BCUT2D eigenvalue weighted by Gasteiger charge is 2.91. The van der Waals surface area contributed by atoms with E-state index in [0.717, 1.165) is 53.6 Å². The van der Waals surface area contributed by atoms with Crippen LogP contribution < -0.4 is 5.32 Å². The number of piperidine rings is 1. The number of fused-ring (bicyclic) bond motifs is 4. The molecule has 0 aromatic heterocycles. The lowest BCUT2D eigenvalue weighted by Gasteiger charge is -2.33. The molecule has 7 aliphatic rings. The number of carbonyl (C=O) groups excluding carboxylic acids is 3. The zero-order chi connectivity index (χ0) is 19.7. The van der Waals surface area contributed by atoms with Crippen LogP contribution in [-0.2, 0) is 21.7 Å². The second kappa shape index (κ2) is 4.91. The van der Waals surface area contributed by atoms with Gasteiger partial charge in [-0.1, -0.05) is 12.1 Å². The molecule has 2 N–H and O–H groups in total. The van der Waals surface area contributed by atoms with Gasteiger partial charge in [0.15, 0.2) is 0 Å². The summed E-state index contributed by atoms with van der Waals surface area (Å²) in [7, 11) is 0. The second-order valence-electron chi connectivity index (χ2n) is 10.3. The average Bonchev–Trinajstić information content (AvgIpc) is 3.63. The average molecular weight is 392 g/mol.